The van der Waals surface area contributed by atoms with E-state index in [0.717, 1.165) is 4.68 Å². The molecule has 0 saturated heterocycles. The number of hydrogen-bond acceptors (Lipinski definition) is 5. The van der Waals surface area contributed by atoms with Crippen LogP contribution in [0.1, 0.15) is 53.6 Å². The predicted molar refractivity (Wildman–Crippen MR) is 128 cm³/mol. The fraction of sp³-hybridized carbons (Fsp3) is 0.308. The fourth-order valence-corrected chi connectivity index (χ4v) is 3.96. The highest BCUT2D eigenvalue weighted by Crippen LogP contribution is 2.31. The van der Waals surface area contributed by atoms with Gasteiger partial charge in [0.05, 0.1) is 23.0 Å². The second-order valence-electron chi connectivity index (χ2n) is 9.66. The molecule has 0 spiro atoms. The first kappa shape index (κ1) is 26.7. The SMILES string of the molecule is CC(C)(C)OC(=O)N1CCc2c(ccc(NC(=O)c3cc(C(F)(F)F)nn3-c3cccc(C#N)c3)c2F)C1. The lowest BCUT2D eigenvalue weighted by molar-refractivity contribution is -0.141. The van der Waals surface area contributed by atoms with Gasteiger partial charge in [0.2, 0.25) is 0 Å². The Balaban J connectivity index is 1.62. The van der Waals surface area contributed by atoms with Gasteiger partial charge in [0.15, 0.2) is 5.69 Å². The maximum Gasteiger partial charge on any atom is 0.435 e. The van der Waals surface area contributed by atoms with Gasteiger partial charge in [-0.15, -0.1) is 0 Å². The highest BCUT2D eigenvalue weighted by atomic mass is 19.4. The summed E-state index contributed by atoms with van der Waals surface area (Å²) < 4.78 is 61.7. The fourth-order valence-electron chi connectivity index (χ4n) is 3.96. The number of benzene rings is 2. The Bertz CT molecular complexity index is 1450. The Labute approximate surface area is 215 Å². The van der Waals surface area contributed by atoms with Crippen LogP contribution in [0.15, 0.2) is 42.5 Å². The van der Waals surface area contributed by atoms with E-state index < -0.39 is 41.0 Å². The number of hydrogen-bond donors (Lipinski definition) is 1. The Morgan fingerprint density at radius 3 is 2.53 bits per heavy atom. The Kier molecular flexibility index (Phi) is 6.88. The summed E-state index contributed by atoms with van der Waals surface area (Å²) in [6.07, 6.45) is -5.22. The zero-order valence-electron chi connectivity index (χ0n) is 20.7. The molecule has 0 fully saturated rings. The van der Waals surface area contributed by atoms with Crippen molar-refractivity contribution in [2.75, 3.05) is 11.9 Å². The molecule has 2 aromatic carbocycles. The zero-order chi connectivity index (χ0) is 27.8. The van der Waals surface area contributed by atoms with Crippen molar-refractivity contribution in [1.29, 1.82) is 5.26 Å². The number of aromatic nitrogens is 2. The summed E-state index contributed by atoms with van der Waals surface area (Å²) in [5.74, 6) is -1.77. The van der Waals surface area contributed by atoms with E-state index >= 15 is 4.39 Å². The first-order chi connectivity index (χ1) is 17.8. The minimum absolute atomic E-state index is 0.0536. The van der Waals surface area contributed by atoms with Gasteiger partial charge in [0, 0.05) is 19.2 Å². The van der Waals surface area contributed by atoms with Gasteiger partial charge in [0.1, 0.15) is 17.1 Å². The molecule has 0 radical (unpaired) electrons. The zero-order valence-corrected chi connectivity index (χ0v) is 20.7. The van der Waals surface area contributed by atoms with Crippen molar-refractivity contribution in [2.45, 2.75) is 45.5 Å². The van der Waals surface area contributed by atoms with Crippen LogP contribution >= 0.6 is 0 Å². The molecule has 1 aliphatic rings. The molecule has 198 valence electrons. The van der Waals surface area contributed by atoms with Crippen LogP contribution in [-0.2, 0) is 23.9 Å². The van der Waals surface area contributed by atoms with Gasteiger partial charge in [-0.2, -0.15) is 23.5 Å². The van der Waals surface area contributed by atoms with E-state index in [1.54, 1.807) is 26.8 Å². The summed E-state index contributed by atoms with van der Waals surface area (Å²) in [6, 6.07) is 10.8. The van der Waals surface area contributed by atoms with E-state index in [2.05, 4.69) is 10.4 Å². The quantitative estimate of drug-likeness (QED) is 0.455. The first-order valence-corrected chi connectivity index (χ1v) is 11.5. The van der Waals surface area contributed by atoms with Gasteiger partial charge in [0.25, 0.3) is 5.91 Å². The molecule has 2 heterocycles. The molecule has 8 nitrogen and oxygen atoms in total. The predicted octanol–water partition coefficient (Wildman–Crippen LogP) is 5.45. The van der Waals surface area contributed by atoms with Crippen LogP contribution in [-0.4, -0.2) is 38.8 Å². The lowest BCUT2D eigenvalue weighted by atomic mass is 9.98. The largest absolute Gasteiger partial charge is 0.444 e. The molecule has 0 aliphatic carbocycles. The molecule has 0 unspecified atom stereocenters. The van der Waals surface area contributed by atoms with Crippen LogP contribution in [0.4, 0.5) is 28.0 Å². The van der Waals surface area contributed by atoms with Gasteiger partial charge in [-0.1, -0.05) is 12.1 Å². The highest BCUT2D eigenvalue weighted by Gasteiger charge is 2.36. The minimum atomic E-state index is -4.84. The molecule has 0 atom stereocenters. The number of alkyl halides is 3. The highest BCUT2D eigenvalue weighted by molar-refractivity contribution is 6.03. The second-order valence-corrected chi connectivity index (χ2v) is 9.66. The number of nitriles is 1. The van der Waals surface area contributed by atoms with E-state index in [9.17, 15) is 22.8 Å². The number of halogens is 4. The van der Waals surface area contributed by atoms with E-state index in [1.165, 1.54) is 35.2 Å². The monoisotopic (exact) mass is 529 g/mol. The average Bonchev–Trinajstić information content (AvgIpc) is 3.31. The van der Waals surface area contributed by atoms with Crippen LogP contribution in [0.5, 0.6) is 0 Å². The van der Waals surface area contributed by atoms with Gasteiger partial charge < -0.3 is 15.0 Å². The Hall–Kier alpha value is -4.40. The van der Waals surface area contributed by atoms with Gasteiger partial charge in [-0.3, -0.25) is 4.79 Å². The van der Waals surface area contributed by atoms with E-state index in [1.807, 2.05) is 6.07 Å². The molecule has 4 rings (SSSR count). The number of nitrogens with zero attached hydrogens (tertiary/aromatic N) is 4. The number of carbonyl (C=O) groups is 2. The molecule has 1 aromatic heterocycles. The number of rotatable bonds is 3. The van der Waals surface area contributed by atoms with Crippen molar-refractivity contribution in [2.24, 2.45) is 0 Å². The molecule has 0 bridgehead atoms. The van der Waals surface area contributed by atoms with Gasteiger partial charge >= 0.3 is 12.3 Å². The molecule has 1 aliphatic heterocycles. The molecule has 3 aromatic rings. The third-order valence-electron chi connectivity index (χ3n) is 5.69. The van der Waals surface area contributed by atoms with E-state index in [4.69, 9.17) is 10.00 Å². The van der Waals surface area contributed by atoms with Crippen molar-refractivity contribution in [3.8, 4) is 11.8 Å². The van der Waals surface area contributed by atoms with E-state index in [-0.39, 0.29) is 42.0 Å². The molecular formula is C26H23F4N5O3. The molecule has 0 saturated carbocycles. The van der Waals surface area contributed by atoms with Crippen LogP contribution < -0.4 is 5.32 Å². The third kappa shape index (κ3) is 5.61. The Morgan fingerprint density at radius 2 is 1.87 bits per heavy atom. The maximum atomic E-state index is 15.4. The number of anilines is 1. The second kappa shape index (κ2) is 9.81. The molecule has 38 heavy (non-hydrogen) atoms. The minimum Gasteiger partial charge on any atom is -0.444 e. The smallest absolute Gasteiger partial charge is 0.435 e. The van der Waals surface area contributed by atoms with Crippen molar-refractivity contribution in [1.82, 2.24) is 14.7 Å². The molecular weight excluding hydrogens is 506 g/mol. The molecule has 2 amide bonds. The summed E-state index contributed by atoms with van der Waals surface area (Å²) in [6.45, 7) is 5.50. The van der Waals surface area contributed by atoms with Gasteiger partial charge in [-0.25, -0.2) is 13.9 Å². The summed E-state index contributed by atoms with van der Waals surface area (Å²) in [7, 11) is 0. The van der Waals surface area contributed by atoms with E-state index in [0.29, 0.717) is 11.6 Å². The number of nitrogens with one attached hydrogen (secondary N) is 1. The van der Waals surface area contributed by atoms with Crippen LogP contribution in [0.2, 0.25) is 0 Å². The standard InChI is InChI=1S/C26H23F4N5O3/c1-25(2,3)38-24(37)34-10-9-18-16(14-34)7-8-19(22(18)27)32-23(36)20-12-21(26(28,29)30)33-35(20)17-6-4-5-15(11-17)13-31/h4-8,11-12H,9-10,14H2,1-3H3,(H,32,36). The van der Waals surface area contributed by atoms with Crippen molar-refractivity contribution in [3.05, 3.63) is 76.4 Å². The number of amides is 2. The summed E-state index contributed by atoms with van der Waals surface area (Å²) in [5, 5.41) is 15.0. The number of ether oxygens (including phenoxy) is 1. The topological polar surface area (TPSA) is 100 Å². The molecule has 1 N–H and O–H groups in total. The summed E-state index contributed by atoms with van der Waals surface area (Å²) in [5.41, 5.74) is -1.73. The maximum absolute atomic E-state index is 15.4. The number of fused-ring (bicyclic) bond motifs is 1. The summed E-state index contributed by atoms with van der Waals surface area (Å²) in [4.78, 5) is 26.9. The summed E-state index contributed by atoms with van der Waals surface area (Å²) >= 11 is 0. The van der Waals surface area contributed by atoms with Crippen LogP contribution in [0, 0.1) is 17.1 Å². The normalized spacial score (nSPS) is 13.5. The first-order valence-electron chi connectivity index (χ1n) is 11.5. The lowest BCUT2D eigenvalue weighted by Crippen LogP contribution is -2.40. The van der Waals surface area contributed by atoms with Gasteiger partial charge in [-0.05, 0) is 62.6 Å². The van der Waals surface area contributed by atoms with Crippen LogP contribution in [0.3, 0.4) is 0 Å². The lowest BCUT2D eigenvalue weighted by Gasteiger charge is -2.31. The van der Waals surface area contributed by atoms with Crippen molar-refractivity contribution in [3.63, 3.8) is 0 Å². The molecule has 12 heteroatoms. The average molecular weight is 529 g/mol. The van der Waals surface area contributed by atoms with Crippen molar-refractivity contribution >= 4 is 17.7 Å². The third-order valence-corrected chi connectivity index (χ3v) is 5.69. The van der Waals surface area contributed by atoms with Crippen LogP contribution in [0.25, 0.3) is 5.69 Å². The van der Waals surface area contributed by atoms with Crippen molar-refractivity contribution < 1.29 is 31.9 Å². The number of carbonyl (C=O) groups excluding carboxylic acids is 2. The Morgan fingerprint density at radius 1 is 1.13 bits per heavy atom.